The number of anilines is 1. The van der Waals surface area contributed by atoms with Gasteiger partial charge in [-0.15, -0.1) is 0 Å². The van der Waals surface area contributed by atoms with Crippen LogP contribution in [0.4, 0.5) is 10.2 Å². The van der Waals surface area contributed by atoms with Crippen molar-refractivity contribution < 1.29 is 9.18 Å². The Morgan fingerprint density at radius 1 is 1.24 bits per heavy atom. The topological polar surface area (TPSA) is 46.9 Å². The number of amides is 1. The van der Waals surface area contributed by atoms with Gasteiger partial charge < -0.3 is 5.32 Å². The van der Waals surface area contributed by atoms with E-state index in [0.717, 1.165) is 5.56 Å². The van der Waals surface area contributed by atoms with Gasteiger partial charge in [0.2, 0.25) is 0 Å². The maximum atomic E-state index is 13.2. The minimum Gasteiger partial charge on any atom is -0.307 e. The lowest BCUT2D eigenvalue weighted by molar-refractivity contribution is 0.102. The van der Waals surface area contributed by atoms with Crippen LogP contribution in [0.3, 0.4) is 0 Å². The first-order valence-electron chi connectivity index (χ1n) is 7.17. The number of hydrogen-bond donors (Lipinski definition) is 1. The monoisotopic (exact) mass is 489 g/mol. The number of carbonyl (C=O) groups excluding carboxylic acids is 1. The van der Waals surface area contributed by atoms with Crippen molar-refractivity contribution in [1.29, 1.82) is 0 Å². The summed E-state index contributed by atoms with van der Waals surface area (Å²) in [5, 5.41) is 7.89. The molecule has 3 aromatic rings. The van der Waals surface area contributed by atoms with Gasteiger partial charge >= 0.3 is 0 Å². The van der Waals surface area contributed by atoms with Crippen LogP contribution in [0.5, 0.6) is 0 Å². The summed E-state index contributed by atoms with van der Waals surface area (Å²) in [6, 6.07) is 11.0. The molecular weight excluding hydrogens is 479 g/mol. The van der Waals surface area contributed by atoms with Crippen LogP contribution in [0.15, 0.2) is 48.7 Å². The van der Waals surface area contributed by atoms with Gasteiger partial charge in [-0.05, 0) is 52.4 Å². The standard InChI is InChI=1S/C17H11Cl2FIN3O/c18-13-3-1-2-10(16(13)19)9-24-15(6-7-22-24)23-17(25)12-5-4-11(20)8-14(12)21/h1-8H,9H2,(H,23,25). The van der Waals surface area contributed by atoms with Crippen LogP contribution < -0.4 is 5.32 Å². The van der Waals surface area contributed by atoms with Gasteiger partial charge in [0, 0.05) is 9.64 Å². The van der Waals surface area contributed by atoms with E-state index in [0.29, 0.717) is 31.5 Å². The molecule has 0 radical (unpaired) electrons. The molecule has 0 atom stereocenters. The van der Waals surface area contributed by atoms with E-state index in [1.165, 1.54) is 18.2 Å². The van der Waals surface area contributed by atoms with Crippen molar-refractivity contribution in [2.24, 2.45) is 0 Å². The average molecular weight is 490 g/mol. The van der Waals surface area contributed by atoms with E-state index in [9.17, 15) is 9.18 Å². The van der Waals surface area contributed by atoms with Gasteiger partial charge in [-0.1, -0.05) is 35.3 Å². The van der Waals surface area contributed by atoms with Gasteiger partial charge in [-0.25, -0.2) is 9.07 Å². The van der Waals surface area contributed by atoms with Crippen molar-refractivity contribution in [3.05, 3.63) is 79.2 Å². The Labute approximate surface area is 167 Å². The molecular formula is C17H11Cl2FIN3O. The third-order valence-electron chi connectivity index (χ3n) is 3.49. The second-order valence-corrected chi connectivity index (χ2v) is 7.11. The maximum Gasteiger partial charge on any atom is 0.257 e. The van der Waals surface area contributed by atoms with Crippen LogP contribution in [0.25, 0.3) is 0 Å². The van der Waals surface area contributed by atoms with E-state index >= 15 is 0 Å². The van der Waals surface area contributed by atoms with Crippen molar-refractivity contribution in [3.63, 3.8) is 0 Å². The molecule has 0 aliphatic heterocycles. The van der Waals surface area contributed by atoms with E-state index in [2.05, 4.69) is 10.4 Å². The van der Waals surface area contributed by atoms with Crippen LogP contribution in [-0.4, -0.2) is 15.7 Å². The number of halogens is 4. The lowest BCUT2D eigenvalue weighted by Crippen LogP contribution is -2.17. The van der Waals surface area contributed by atoms with E-state index in [4.69, 9.17) is 23.2 Å². The molecule has 128 valence electrons. The second kappa shape index (κ2) is 7.72. The largest absolute Gasteiger partial charge is 0.307 e. The highest BCUT2D eigenvalue weighted by molar-refractivity contribution is 14.1. The highest BCUT2D eigenvalue weighted by Crippen LogP contribution is 2.26. The number of benzene rings is 2. The molecule has 0 aliphatic carbocycles. The summed E-state index contributed by atoms with van der Waals surface area (Å²) in [6.07, 6.45) is 1.57. The molecule has 1 N–H and O–H groups in total. The van der Waals surface area contributed by atoms with E-state index in [1.54, 1.807) is 29.1 Å². The predicted octanol–water partition coefficient (Wildman–Crippen LogP) is 5.23. The summed E-state index contributed by atoms with van der Waals surface area (Å²) in [5.41, 5.74) is 1.17. The molecule has 1 aromatic heterocycles. The molecule has 0 aliphatic rings. The molecule has 0 bridgehead atoms. The number of rotatable bonds is 4. The van der Waals surface area contributed by atoms with Crippen LogP contribution in [0.2, 0.25) is 10.0 Å². The highest BCUT2D eigenvalue weighted by atomic mass is 127. The Balaban J connectivity index is 1.82. The van der Waals surface area contributed by atoms with Gasteiger partial charge in [0.1, 0.15) is 11.6 Å². The first-order valence-corrected chi connectivity index (χ1v) is 9.00. The zero-order chi connectivity index (χ0) is 18.0. The van der Waals surface area contributed by atoms with E-state index in [-0.39, 0.29) is 11.7 Å². The Morgan fingerprint density at radius 3 is 2.80 bits per heavy atom. The first-order chi connectivity index (χ1) is 12.0. The van der Waals surface area contributed by atoms with Gasteiger partial charge in [-0.3, -0.25) is 4.79 Å². The van der Waals surface area contributed by atoms with Gasteiger partial charge in [0.25, 0.3) is 5.91 Å². The zero-order valence-corrected chi connectivity index (χ0v) is 16.3. The number of nitrogens with zero attached hydrogens (tertiary/aromatic N) is 2. The molecule has 1 heterocycles. The summed E-state index contributed by atoms with van der Waals surface area (Å²) >= 11 is 14.2. The summed E-state index contributed by atoms with van der Waals surface area (Å²) in [5.74, 6) is -0.230. The molecule has 0 unspecified atom stereocenters. The Morgan fingerprint density at radius 2 is 2.04 bits per heavy atom. The Kier molecular flexibility index (Phi) is 5.61. The molecule has 8 heteroatoms. The number of aromatic nitrogens is 2. The molecule has 1 amide bonds. The fraction of sp³-hybridized carbons (Fsp3) is 0.0588. The molecule has 3 rings (SSSR count). The van der Waals surface area contributed by atoms with Crippen LogP contribution in [-0.2, 0) is 6.54 Å². The van der Waals surface area contributed by atoms with Crippen LogP contribution >= 0.6 is 45.8 Å². The minimum atomic E-state index is -0.387. The van der Waals surface area contributed by atoms with Gasteiger partial charge in [0.15, 0.2) is 0 Å². The average Bonchev–Trinajstić information content (AvgIpc) is 2.98. The summed E-state index contributed by atoms with van der Waals surface area (Å²) < 4.78 is 15.3. The van der Waals surface area contributed by atoms with Crippen LogP contribution in [0.1, 0.15) is 15.9 Å². The second-order valence-electron chi connectivity index (χ2n) is 5.17. The van der Waals surface area contributed by atoms with Crippen molar-refractivity contribution in [3.8, 4) is 0 Å². The van der Waals surface area contributed by atoms with Gasteiger partial charge in [0.05, 0.1) is 28.4 Å². The van der Waals surface area contributed by atoms with Crippen molar-refractivity contribution in [2.75, 3.05) is 5.32 Å². The lowest BCUT2D eigenvalue weighted by atomic mass is 10.2. The molecule has 25 heavy (non-hydrogen) atoms. The van der Waals surface area contributed by atoms with Crippen molar-refractivity contribution >= 4 is 57.5 Å². The molecule has 2 aromatic carbocycles. The number of hydrogen-bond acceptors (Lipinski definition) is 2. The first kappa shape index (κ1) is 18.2. The highest BCUT2D eigenvalue weighted by Gasteiger charge is 2.14. The quantitative estimate of drug-likeness (QED) is 0.510. The third kappa shape index (κ3) is 4.13. The summed E-state index contributed by atoms with van der Waals surface area (Å²) in [4.78, 5) is 12.4. The molecule has 0 spiro atoms. The Hall–Kier alpha value is -1.64. The van der Waals surface area contributed by atoms with E-state index < -0.39 is 0 Å². The molecule has 0 saturated carbocycles. The number of carbonyl (C=O) groups is 1. The van der Waals surface area contributed by atoms with Crippen molar-refractivity contribution in [1.82, 2.24) is 9.78 Å². The third-order valence-corrected chi connectivity index (χ3v) is 5.24. The summed E-state index contributed by atoms with van der Waals surface area (Å²) in [6.45, 7) is 0.350. The molecule has 4 nitrogen and oxygen atoms in total. The minimum absolute atomic E-state index is 0.344. The normalized spacial score (nSPS) is 10.7. The molecule has 0 saturated heterocycles. The van der Waals surface area contributed by atoms with Crippen molar-refractivity contribution in [2.45, 2.75) is 6.54 Å². The predicted molar refractivity (Wildman–Crippen MR) is 105 cm³/mol. The number of nitrogens with one attached hydrogen (secondary N) is 1. The fourth-order valence-corrected chi connectivity index (χ4v) is 3.36. The lowest BCUT2D eigenvalue weighted by Gasteiger charge is -2.11. The SMILES string of the molecule is O=C(Nc1ccnn1Cc1cccc(Cl)c1Cl)c1ccc(F)cc1I. The maximum absolute atomic E-state index is 13.2. The Bertz CT molecular complexity index is 945. The van der Waals surface area contributed by atoms with E-state index in [1.807, 2.05) is 28.7 Å². The summed E-state index contributed by atoms with van der Waals surface area (Å²) in [7, 11) is 0. The van der Waals surface area contributed by atoms with Gasteiger partial charge in [-0.2, -0.15) is 5.10 Å². The smallest absolute Gasteiger partial charge is 0.257 e. The fourth-order valence-electron chi connectivity index (χ4n) is 2.25. The zero-order valence-electron chi connectivity index (χ0n) is 12.6. The molecule has 0 fully saturated rings. The van der Waals surface area contributed by atoms with Crippen LogP contribution in [0, 0.1) is 9.39 Å².